The minimum atomic E-state index is -0.375. The Bertz CT molecular complexity index is 916. The Morgan fingerprint density at radius 2 is 1.92 bits per heavy atom. The molecule has 130 valence electrons. The fraction of sp³-hybridized carbons (Fsp3) is 0.286. The molecule has 0 bridgehead atoms. The second-order valence-corrected chi connectivity index (χ2v) is 6.42. The average Bonchev–Trinajstić information content (AvgIpc) is 2.63. The summed E-state index contributed by atoms with van der Waals surface area (Å²) >= 11 is 0. The molecular formula is C21H24NO3+. The molecular weight excluding hydrogens is 314 g/mol. The quantitative estimate of drug-likeness (QED) is 0.679. The van der Waals surface area contributed by atoms with Gasteiger partial charge in [-0.05, 0) is 31.0 Å². The third-order valence-electron chi connectivity index (χ3n) is 4.80. The lowest BCUT2D eigenvalue weighted by Gasteiger charge is -2.14. The normalized spacial score (nSPS) is 12.4. The SMILES string of the molecule is CC[C@H](C[NH2+]Cc1cc(=O)oc2c(C)c(O)ccc12)c1ccccc1. The zero-order valence-electron chi connectivity index (χ0n) is 14.7. The molecule has 0 fully saturated rings. The van der Waals surface area contributed by atoms with Crippen LogP contribution in [0.1, 0.15) is 36.0 Å². The standard InChI is InChI=1S/C21H23NO3/c1-3-15(16-7-5-4-6-8-16)12-22-13-17-11-20(24)25-21-14(2)19(23)10-9-18(17)21/h4-11,15,22-23H,3,12-13H2,1-2H3/p+1/t15-/m1/s1. The first kappa shape index (κ1) is 17.2. The van der Waals surface area contributed by atoms with Crippen molar-refractivity contribution in [3.05, 3.63) is 75.6 Å². The molecule has 3 aromatic rings. The number of rotatable bonds is 6. The summed E-state index contributed by atoms with van der Waals surface area (Å²) in [4.78, 5) is 11.9. The number of aryl methyl sites for hydroxylation is 1. The summed E-state index contributed by atoms with van der Waals surface area (Å²) in [5.74, 6) is 0.630. The van der Waals surface area contributed by atoms with Crippen LogP contribution in [-0.2, 0) is 6.54 Å². The van der Waals surface area contributed by atoms with Crippen LogP contribution in [0.25, 0.3) is 11.0 Å². The highest BCUT2D eigenvalue weighted by molar-refractivity contribution is 5.84. The van der Waals surface area contributed by atoms with Crippen LogP contribution in [0.3, 0.4) is 0 Å². The van der Waals surface area contributed by atoms with E-state index in [1.807, 2.05) is 12.1 Å². The van der Waals surface area contributed by atoms with Crippen molar-refractivity contribution in [3.63, 3.8) is 0 Å². The molecule has 2 aromatic carbocycles. The van der Waals surface area contributed by atoms with E-state index in [1.165, 1.54) is 5.56 Å². The van der Waals surface area contributed by atoms with Crippen LogP contribution >= 0.6 is 0 Å². The molecule has 25 heavy (non-hydrogen) atoms. The van der Waals surface area contributed by atoms with Gasteiger partial charge in [0.15, 0.2) is 0 Å². The van der Waals surface area contributed by atoms with Gasteiger partial charge in [0, 0.05) is 28.5 Å². The number of hydrogen-bond acceptors (Lipinski definition) is 3. The number of phenols is 1. The predicted molar refractivity (Wildman–Crippen MR) is 98.9 cm³/mol. The Hall–Kier alpha value is -2.59. The summed E-state index contributed by atoms with van der Waals surface area (Å²) in [6, 6.07) is 15.5. The zero-order valence-corrected chi connectivity index (χ0v) is 14.7. The monoisotopic (exact) mass is 338 g/mol. The average molecular weight is 338 g/mol. The van der Waals surface area contributed by atoms with Crippen LogP contribution in [0.15, 0.2) is 57.7 Å². The van der Waals surface area contributed by atoms with Gasteiger partial charge >= 0.3 is 5.63 Å². The van der Waals surface area contributed by atoms with Crippen LogP contribution in [0.4, 0.5) is 0 Å². The third-order valence-corrected chi connectivity index (χ3v) is 4.80. The molecule has 0 aliphatic carbocycles. The summed E-state index contributed by atoms with van der Waals surface area (Å²) in [6.45, 7) is 5.62. The fourth-order valence-electron chi connectivity index (χ4n) is 3.29. The van der Waals surface area contributed by atoms with E-state index < -0.39 is 0 Å². The van der Waals surface area contributed by atoms with Crippen molar-refractivity contribution in [1.82, 2.24) is 0 Å². The van der Waals surface area contributed by atoms with Crippen LogP contribution in [0.5, 0.6) is 5.75 Å². The number of phenolic OH excluding ortho intramolecular Hbond substituents is 1. The maximum absolute atomic E-state index is 11.9. The molecule has 0 amide bonds. The molecule has 1 atom stereocenters. The van der Waals surface area contributed by atoms with Crippen LogP contribution in [0, 0.1) is 6.92 Å². The highest BCUT2D eigenvalue weighted by Gasteiger charge is 2.14. The molecule has 3 N–H and O–H groups in total. The largest absolute Gasteiger partial charge is 0.508 e. The first-order chi connectivity index (χ1) is 12.1. The summed E-state index contributed by atoms with van der Waals surface area (Å²) in [5, 5.41) is 13.0. The predicted octanol–water partition coefficient (Wildman–Crippen LogP) is 3.06. The smallest absolute Gasteiger partial charge is 0.336 e. The molecule has 0 saturated heterocycles. The van der Waals surface area contributed by atoms with Gasteiger partial charge in [0.1, 0.15) is 17.9 Å². The van der Waals surface area contributed by atoms with Crippen molar-refractivity contribution >= 4 is 11.0 Å². The summed E-state index contributed by atoms with van der Waals surface area (Å²) in [5.41, 5.74) is 2.99. The van der Waals surface area contributed by atoms with E-state index in [2.05, 4.69) is 36.5 Å². The summed E-state index contributed by atoms with van der Waals surface area (Å²) in [6.07, 6.45) is 1.07. The molecule has 0 spiro atoms. The number of quaternary nitrogens is 1. The minimum absolute atomic E-state index is 0.145. The maximum atomic E-state index is 11.9. The van der Waals surface area contributed by atoms with Crippen molar-refractivity contribution in [1.29, 1.82) is 0 Å². The Morgan fingerprint density at radius 1 is 1.16 bits per heavy atom. The van der Waals surface area contributed by atoms with E-state index in [4.69, 9.17) is 4.42 Å². The number of nitrogens with two attached hydrogens (primary N) is 1. The van der Waals surface area contributed by atoms with Gasteiger partial charge in [-0.1, -0.05) is 37.3 Å². The molecule has 0 aliphatic rings. The molecule has 0 saturated carbocycles. The lowest BCUT2D eigenvalue weighted by atomic mass is 9.96. The molecule has 3 rings (SSSR count). The number of hydrogen-bond donors (Lipinski definition) is 2. The van der Waals surface area contributed by atoms with Crippen LogP contribution in [0.2, 0.25) is 0 Å². The third kappa shape index (κ3) is 3.74. The van der Waals surface area contributed by atoms with E-state index in [0.717, 1.165) is 23.9 Å². The van der Waals surface area contributed by atoms with Gasteiger partial charge in [0.05, 0.1) is 6.54 Å². The summed E-state index contributed by atoms with van der Waals surface area (Å²) in [7, 11) is 0. The molecule has 0 aliphatic heterocycles. The van der Waals surface area contributed by atoms with Crippen molar-refractivity contribution < 1.29 is 14.8 Å². The van der Waals surface area contributed by atoms with E-state index in [0.29, 0.717) is 23.6 Å². The Kier molecular flexibility index (Phi) is 5.19. The second kappa shape index (κ2) is 7.53. The molecule has 4 nitrogen and oxygen atoms in total. The Balaban J connectivity index is 1.79. The van der Waals surface area contributed by atoms with Crippen LogP contribution < -0.4 is 10.9 Å². The molecule has 4 heteroatoms. The highest BCUT2D eigenvalue weighted by atomic mass is 16.4. The topological polar surface area (TPSA) is 67.0 Å². The molecule has 1 aromatic heterocycles. The van der Waals surface area contributed by atoms with E-state index in [9.17, 15) is 9.90 Å². The van der Waals surface area contributed by atoms with Crippen molar-refractivity contribution in [2.45, 2.75) is 32.7 Å². The molecule has 0 radical (unpaired) electrons. The number of aromatic hydroxyl groups is 1. The highest BCUT2D eigenvalue weighted by Crippen LogP contribution is 2.27. The number of fused-ring (bicyclic) bond motifs is 1. The van der Waals surface area contributed by atoms with E-state index in [1.54, 1.807) is 19.1 Å². The van der Waals surface area contributed by atoms with Gasteiger partial charge in [-0.15, -0.1) is 0 Å². The van der Waals surface area contributed by atoms with Gasteiger partial charge in [0.2, 0.25) is 0 Å². The lowest BCUT2D eigenvalue weighted by molar-refractivity contribution is -0.672. The molecule has 1 heterocycles. The number of benzene rings is 2. The lowest BCUT2D eigenvalue weighted by Crippen LogP contribution is -2.83. The van der Waals surface area contributed by atoms with Gasteiger partial charge in [-0.2, -0.15) is 0 Å². The van der Waals surface area contributed by atoms with E-state index >= 15 is 0 Å². The second-order valence-electron chi connectivity index (χ2n) is 6.42. The fourth-order valence-corrected chi connectivity index (χ4v) is 3.29. The molecule has 0 unspecified atom stereocenters. The Labute approximate surface area is 147 Å². The Morgan fingerprint density at radius 3 is 2.64 bits per heavy atom. The van der Waals surface area contributed by atoms with Gasteiger partial charge in [-0.25, -0.2) is 4.79 Å². The maximum Gasteiger partial charge on any atom is 0.336 e. The van der Waals surface area contributed by atoms with Gasteiger partial charge in [-0.3, -0.25) is 0 Å². The first-order valence-electron chi connectivity index (χ1n) is 8.72. The minimum Gasteiger partial charge on any atom is -0.508 e. The first-order valence-corrected chi connectivity index (χ1v) is 8.72. The van der Waals surface area contributed by atoms with Gasteiger partial charge < -0.3 is 14.8 Å². The zero-order chi connectivity index (χ0) is 17.8. The van der Waals surface area contributed by atoms with E-state index in [-0.39, 0.29) is 11.4 Å². The van der Waals surface area contributed by atoms with Crippen LogP contribution in [-0.4, -0.2) is 11.7 Å². The van der Waals surface area contributed by atoms with Crippen molar-refractivity contribution in [3.8, 4) is 5.75 Å². The van der Waals surface area contributed by atoms with Crippen molar-refractivity contribution in [2.24, 2.45) is 0 Å². The van der Waals surface area contributed by atoms with Gasteiger partial charge in [0.25, 0.3) is 0 Å². The summed E-state index contributed by atoms with van der Waals surface area (Å²) < 4.78 is 5.30. The van der Waals surface area contributed by atoms with Crippen molar-refractivity contribution in [2.75, 3.05) is 6.54 Å².